The SMILES string of the molecule is CC1=CCCC(C(C)CCCC(C)C)=CC2C(C)C(=O)OC12. The van der Waals surface area contributed by atoms with Gasteiger partial charge in [-0.15, -0.1) is 0 Å². The summed E-state index contributed by atoms with van der Waals surface area (Å²) >= 11 is 0. The van der Waals surface area contributed by atoms with Gasteiger partial charge < -0.3 is 4.74 Å². The summed E-state index contributed by atoms with van der Waals surface area (Å²) in [6, 6.07) is 0. The van der Waals surface area contributed by atoms with Gasteiger partial charge in [0, 0.05) is 5.92 Å². The van der Waals surface area contributed by atoms with Gasteiger partial charge in [-0.25, -0.2) is 0 Å². The fraction of sp³-hybridized carbons (Fsp3) is 0.750. The highest BCUT2D eigenvalue weighted by molar-refractivity contribution is 5.76. The molecule has 1 aliphatic heterocycles. The first kappa shape index (κ1) is 17.3. The highest BCUT2D eigenvalue weighted by atomic mass is 16.6. The van der Waals surface area contributed by atoms with Crippen LogP contribution in [0.15, 0.2) is 23.3 Å². The molecule has 0 aromatic rings. The van der Waals surface area contributed by atoms with Crippen molar-refractivity contribution < 1.29 is 9.53 Å². The van der Waals surface area contributed by atoms with Crippen molar-refractivity contribution in [1.82, 2.24) is 0 Å². The van der Waals surface area contributed by atoms with Crippen molar-refractivity contribution in [2.24, 2.45) is 23.7 Å². The Kier molecular flexibility index (Phi) is 5.88. The van der Waals surface area contributed by atoms with Gasteiger partial charge in [0.05, 0.1) is 5.92 Å². The van der Waals surface area contributed by atoms with E-state index in [0.717, 1.165) is 18.8 Å². The van der Waals surface area contributed by atoms with Gasteiger partial charge in [-0.2, -0.15) is 0 Å². The Morgan fingerprint density at radius 1 is 1.27 bits per heavy atom. The highest BCUT2D eigenvalue weighted by Crippen LogP contribution is 2.38. The standard InChI is InChI=1S/C20H32O2/c1-13(2)8-6-9-14(3)17-11-7-10-15(4)19-18(12-17)16(5)20(21)22-19/h10,12-14,16,18-19H,6-9,11H2,1-5H3. The first-order valence-electron chi connectivity index (χ1n) is 8.98. The third-order valence-electron chi connectivity index (χ3n) is 5.35. The number of carbonyl (C=O) groups excluding carboxylic acids is 1. The van der Waals surface area contributed by atoms with Crippen LogP contribution in [0.25, 0.3) is 0 Å². The van der Waals surface area contributed by atoms with E-state index in [1.807, 2.05) is 6.92 Å². The monoisotopic (exact) mass is 304 g/mol. The Morgan fingerprint density at radius 3 is 2.68 bits per heavy atom. The first-order chi connectivity index (χ1) is 10.4. The molecule has 2 aliphatic rings. The number of fused-ring (bicyclic) bond motifs is 1. The normalized spacial score (nSPS) is 30.1. The van der Waals surface area contributed by atoms with Crippen molar-refractivity contribution in [3.8, 4) is 0 Å². The van der Waals surface area contributed by atoms with E-state index in [0.29, 0.717) is 5.92 Å². The summed E-state index contributed by atoms with van der Waals surface area (Å²) in [7, 11) is 0. The maximum atomic E-state index is 12.0. The predicted molar refractivity (Wildman–Crippen MR) is 91.5 cm³/mol. The molecule has 0 bridgehead atoms. The Morgan fingerprint density at radius 2 is 2.00 bits per heavy atom. The van der Waals surface area contributed by atoms with Crippen LogP contribution in [0.5, 0.6) is 0 Å². The van der Waals surface area contributed by atoms with Crippen LogP contribution in [0.2, 0.25) is 0 Å². The summed E-state index contributed by atoms with van der Waals surface area (Å²) in [5.74, 6) is 1.59. The minimum atomic E-state index is -0.0345. The number of rotatable bonds is 5. The van der Waals surface area contributed by atoms with Crippen LogP contribution in [0.1, 0.15) is 66.7 Å². The molecule has 1 aliphatic carbocycles. The van der Waals surface area contributed by atoms with Gasteiger partial charge in [-0.1, -0.05) is 58.3 Å². The van der Waals surface area contributed by atoms with Crippen molar-refractivity contribution >= 4 is 5.97 Å². The second kappa shape index (κ2) is 7.48. The molecule has 4 atom stereocenters. The molecule has 1 heterocycles. The molecular formula is C20H32O2. The second-order valence-electron chi connectivity index (χ2n) is 7.68. The minimum Gasteiger partial charge on any atom is -0.457 e. The molecule has 4 unspecified atom stereocenters. The maximum absolute atomic E-state index is 12.0. The third-order valence-corrected chi connectivity index (χ3v) is 5.35. The predicted octanol–water partition coefficient (Wildman–Crippen LogP) is 5.29. The lowest BCUT2D eigenvalue weighted by atomic mass is 9.80. The zero-order valence-electron chi connectivity index (χ0n) is 14.9. The van der Waals surface area contributed by atoms with Crippen molar-refractivity contribution in [2.45, 2.75) is 72.8 Å². The van der Waals surface area contributed by atoms with E-state index in [1.165, 1.54) is 30.4 Å². The average Bonchev–Trinajstić information content (AvgIpc) is 2.71. The maximum Gasteiger partial charge on any atom is 0.310 e. The molecule has 0 amide bonds. The molecule has 2 rings (SSSR count). The number of carbonyl (C=O) groups is 1. The molecule has 0 aromatic heterocycles. The van der Waals surface area contributed by atoms with E-state index < -0.39 is 0 Å². The lowest BCUT2D eigenvalue weighted by Crippen LogP contribution is -2.21. The van der Waals surface area contributed by atoms with E-state index >= 15 is 0 Å². The molecular weight excluding hydrogens is 272 g/mol. The van der Waals surface area contributed by atoms with Crippen molar-refractivity contribution in [3.63, 3.8) is 0 Å². The van der Waals surface area contributed by atoms with Crippen LogP contribution < -0.4 is 0 Å². The molecule has 2 nitrogen and oxygen atoms in total. The van der Waals surface area contributed by atoms with Gasteiger partial charge in [0.1, 0.15) is 6.10 Å². The largest absolute Gasteiger partial charge is 0.457 e. The van der Waals surface area contributed by atoms with E-state index in [-0.39, 0.29) is 23.9 Å². The zero-order valence-corrected chi connectivity index (χ0v) is 14.9. The lowest BCUT2D eigenvalue weighted by Gasteiger charge is -2.24. The van der Waals surface area contributed by atoms with Gasteiger partial charge in [0.2, 0.25) is 0 Å². The third kappa shape index (κ3) is 4.02. The number of esters is 1. The minimum absolute atomic E-state index is 0.00989. The summed E-state index contributed by atoms with van der Waals surface area (Å²) in [4.78, 5) is 12.0. The van der Waals surface area contributed by atoms with Crippen molar-refractivity contribution in [2.75, 3.05) is 0 Å². The van der Waals surface area contributed by atoms with Gasteiger partial charge in [-0.05, 0) is 43.6 Å². The molecule has 0 saturated carbocycles. The summed E-state index contributed by atoms with van der Waals surface area (Å²) in [6.45, 7) is 11.1. The summed E-state index contributed by atoms with van der Waals surface area (Å²) in [5, 5.41) is 0. The number of hydrogen-bond donors (Lipinski definition) is 0. The first-order valence-corrected chi connectivity index (χ1v) is 8.98. The molecule has 0 N–H and O–H groups in total. The fourth-order valence-electron chi connectivity index (χ4n) is 3.70. The Hall–Kier alpha value is -1.05. The van der Waals surface area contributed by atoms with Gasteiger partial charge in [0.25, 0.3) is 0 Å². The van der Waals surface area contributed by atoms with Crippen LogP contribution in [0.3, 0.4) is 0 Å². The Labute approximate surface area is 136 Å². The quantitative estimate of drug-likeness (QED) is 0.509. The van der Waals surface area contributed by atoms with Crippen LogP contribution >= 0.6 is 0 Å². The average molecular weight is 304 g/mol. The number of allylic oxidation sites excluding steroid dienone is 2. The summed E-state index contributed by atoms with van der Waals surface area (Å²) in [5.41, 5.74) is 2.76. The lowest BCUT2D eigenvalue weighted by molar-refractivity contribution is -0.142. The second-order valence-corrected chi connectivity index (χ2v) is 7.68. The molecule has 22 heavy (non-hydrogen) atoms. The van der Waals surface area contributed by atoms with Crippen LogP contribution in [0, 0.1) is 23.7 Å². The fourth-order valence-corrected chi connectivity index (χ4v) is 3.70. The molecule has 2 heteroatoms. The Bertz CT molecular complexity index is 458. The molecule has 0 radical (unpaired) electrons. The van der Waals surface area contributed by atoms with E-state index in [2.05, 4.69) is 39.8 Å². The smallest absolute Gasteiger partial charge is 0.310 e. The van der Waals surface area contributed by atoms with E-state index in [4.69, 9.17) is 4.74 Å². The molecule has 1 saturated heterocycles. The van der Waals surface area contributed by atoms with Crippen molar-refractivity contribution in [3.05, 3.63) is 23.3 Å². The molecule has 124 valence electrons. The summed E-state index contributed by atoms with van der Waals surface area (Å²) < 4.78 is 5.61. The van der Waals surface area contributed by atoms with E-state index in [1.54, 1.807) is 0 Å². The topological polar surface area (TPSA) is 26.3 Å². The number of ether oxygens (including phenoxy) is 1. The highest BCUT2D eigenvalue weighted by Gasteiger charge is 2.41. The van der Waals surface area contributed by atoms with Gasteiger partial charge in [0.15, 0.2) is 0 Å². The van der Waals surface area contributed by atoms with Crippen LogP contribution in [-0.4, -0.2) is 12.1 Å². The Balaban J connectivity index is 2.09. The van der Waals surface area contributed by atoms with Gasteiger partial charge >= 0.3 is 5.97 Å². The van der Waals surface area contributed by atoms with Gasteiger partial charge in [-0.3, -0.25) is 4.79 Å². The van der Waals surface area contributed by atoms with E-state index in [9.17, 15) is 4.79 Å². The van der Waals surface area contributed by atoms with Crippen LogP contribution in [-0.2, 0) is 9.53 Å². The zero-order chi connectivity index (χ0) is 16.3. The van der Waals surface area contributed by atoms with Crippen LogP contribution in [0.4, 0.5) is 0 Å². The molecule has 0 spiro atoms. The molecule has 1 fully saturated rings. The molecule has 0 aromatic carbocycles. The number of hydrogen-bond acceptors (Lipinski definition) is 2. The van der Waals surface area contributed by atoms with Crippen molar-refractivity contribution in [1.29, 1.82) is 0 Å². The summed E-state index contributed by atoms with van der Waals surface area (Å²) in [6.07, 6.45) is 10.7.